The quantitative estimate of drug-likeness (QED) is 0.682. The van der Waals surface area contributed by atoms with Crippen LogP contribution in [0.25, 0.3) is 0 Å². The van der Waals surface area contributed by atoms with E-state index >= 15 is 0 Å². The Labute approximate surface area is 125 Å². The summed E-state index contributed by atoms with van der Waals surface area (Å²) >= 11 is 2.60. The molecule has 0 aliphatic heterocycles. The van der Waals surface area contributed by atoms with Gasteiger partial charge in [-0.05, 0) is 11.6 Å². The Kier molecular flexibility index (Phi) is 8.13. The maximum atomic E-state index is 13.3. The highest BCUT2D eigenvalue weighted by Gasteiger charge is 2.04. The van der Waals surface area contributed by atoms with Crippen molar-refractivity contribution >= 4 is 35.4 Å². The molecule has 20 heavy (non-hydrogen) atoms. The van der Waals surface area contributed by atoms with Crippen LogP contribution >= 0.6 is 23.5 Å². The molecule has 1 aromatic rings. The Hall–Kier alpha value is -1.21. The molecule has 0 heterocycles. The molecule has 4 nitrogen and oxygen atoms in total. The lowest BCUT2D eigenvalue weighted by atomic mass is 10.2. The van der Waals surface area contributed by atoms with Crippen LogP contribution in [-0.2, 0) is 15.3 Å². The number of halogens is 1. The third kappa shape index (κ3) is 7.40. The standard InChI is InChI=1S/C13H16FNO3S2/c14-11-4-2-1-3-10(11)7-19-6-5-15-12(16)8-20-9-13(17)18/h1-4H,5-9H2,(H,15,16)(H,17,18). The molecule has 110 valence electrons. The molecular weight excluding hydrogens is 301 g/mol. The van der Waals surface area contributed by atoms with Crippen molar-refractivity contribution in [2.75, 3.05) is 23.8 Å². The lowest BCUT2D eigenvalue weighted by molar-refractivity contribution is -0.133. The van der Waals surface area contributed by atoms with Crippen LogP contribution in [0.4, 0.5) is 4.39 Å². The van der Waals surface area contributed by atoms with Gasteiger partial charge >= 0.3 is 5.97 Å². The molecule has 1 rings (SSSR count). The van der Waals surface area contributed by atoms with E-state index < -0.39 is 5.97 Å². The summed E-state index contributed by atoms with van der Waals surface area (Å²) < 4.78 is 13.3. The van der Waals surface area contributed by atoms with Gasteiger partial charge in [0.25, 0.3) is 0 Å². The lowest BCUT2D eigenvalue weighted by Crippen LogP contribution is -2.27. The number of nitrogens with one attached hydrogen (secondary N) is 1. The van der Waals surface area contributed by atoms with Crippen LogP contribution in [0.1, 0.15) is 5.56 Å². The average molecular weight is 317 g/mol. The number of benzene rings is 1. The van der Waals surface area contributed by atoms with Gasteiger partial charge in [0.2, 0.25) is 5.91 Å². The van der Waals surface area contributed by atoms with Crippen molar-refractivity contribution in [1.29, 1.82) is 0 Å². The van der Waals surface area contributed by atoms with Gasteiger partial charge in [0.05, 0.1) is 11.5 Å². The van der Waals surface area contributed by atoms with Gasteiger partial charge in [-0.3, -0.25) is 9.59 Å². The summed E-state index contributed by atoms with van der Waals surface area (Å²) in [5.41, 5.74) is 0.654. The van der Waals surface area contributed by atoms with Gasteiger partial charge < -0.3 is 10.4 Å². The van der Waals surface area contributed by atoms with Gasteiger partial charge in [0, 0.05) is 18.1 Å². The van der Waals surface area contributed by atoms with Crippen LogP contribution in [0.2, 0.25) is 0 Å². The van der Waals surface area contributed by atoms with E-state index in [9.17, 15) is 14.0 Å². The summed E-state index contributed by atoms with van der Waals surface area (Å²) in [4.78, 5) is 21.6. The van der Waals surface area contributed by atoms with E-state index in [4.69, 9.17) is 5.11 Å². The molecular formula is C13H16FNO3S2. The maximum absolute atomic E-state index is 13.3. The molecule has 0 aromatic heterocycles. The highest BCUT2D eigenvalue weighted by Crippen LogP contribution is 2.14. The molecule has 2 N–H and O–H groups in total. The van der Waals surface area contributed by atoms with Crippen LogP contribution in [0, 0.1) is 5.82 Å². The van der Waals surface area contributed by atoms with Crippen molar-refractivity contribution in [2.45, 2.75) is 5.75 Å². The smallest absolute Gasteiger partial charge is 0.313 e. The van der Waals surface area contributed by atoms with E-state index in [1.54, 1.807) is 18.2 Å². The predicted molar refractivity (Wildman–Crippen MR) is 80.5 cm³/mol. The minimum atomic E-state index is -0.928. The van der Waals surface area contributed by atoms with Crippen LogP contribution < -0.4 is 5.32 Å². The summed E-state index contributed by atoms with van der Waals surface area (Å²) in [6.45, 7) is 0.492. The lowest BCUT2D eigenvalue weighted by Gasteiger charge is -2.05. The Morgan fingerprint density at radius 1 is 1.20 bits per heavy atom. The minimum Gasteiger partial charge on any atom is -0.481 e. The molecule has 0 aliphatic rings. The predicted octanol–water partition coefficient (Wildman–Crippen LogP) is 1.99. The Morgan fingerprint density at radius 3 is 2.65 bits per heavy atom. The maximum Gasteiger partial charge on any atom is 0.313 e. The Balaban J connectivity index is 2.06. The number of carbonyl (C=O) groups excluding carboxylic acids is 1. The van der Waals surface area contributed by atoms with E-state index in [1.807, 2.05) is 0 Å². The van der Waals surface area contributed by atoms with E-state index in [1.165, 1.54) is 17.8 Å². The highest BCUT2D eigenvalue weighted by molar-refractivity contribution is 8.00. The molecule has 0 atom stereocenters. The van der Waals surface area contributed by atoms with E-state index in [0.717, 1.165) is 11.8 Å². The molecule has 0 saturated heterocycles. The van der Waals surface area contributed by atoms with Gasteiger partial charge in [0.1, 0.15) is 5.82 Å². The molecule has 0 aliphatic carbocycles. The first kappa shape index (κ1) is 16.8. The topological polar surface area (TPSA) is 66.4 Å². The molecule has 0 radical (unpaired) electrons. The van der Waals surface area contributed by atoms with Crippen LogP contribution in [-0.4, -0.2) is 40.8 Å². The summed E-state index contributed by atoms with van der Waals surface area (Å²) in [5, 5.41) is 11.1. The molecule has 1 aromatic carbocycles. The number of aliphatic carboxylic acids is 1. The monoisotopic (exact) mass is 317 g/mol. The second-order valence-corrected chi connectivity index (χ2v) is 5.97. The summed E-state index contributed by atoms with van der Waals surface area (Å²) in [5.74, 6) is -0.000200. The zero-order chi connectivity index (χ0) is 14.8. The first-order valence-corrected chi connectivity index (χ1v) is 8.28. The number of amides is 1. The fourth-order valence-corrected chi connectivity index (χ4v) is 2.75. The van der Waals surface area contributed by atoms with Crippen LogP contribution in [0.15, 0.2) is 24.3 Å². The fraction of sp³-hybridized carbons (Fsp3) is 0.385. The first-order chi connectivity index (χ1) is 9.59. The Morgan fingerprint density at radius 2 is 1.95 bits per heavy atom. The van der Waals surface area contributed by atoms with E-state index in [-0.39, 0.29) is 23.2 Å². The third-order valence-electron chi connectivity index (χ3n) is 2.24. The first-order valence-electron chi connectivity index (χ1n) is 5.97. The zero-order valence-corrected chi connectivity index (χ0v) is 12.4. The van der Waals surface area contributed by atoms with Gasteiger partial charge in [-0.2, -0.15) is 11.8 Å². The van der Waals surface area contributed by atoms with Crippen LogP contribution in [0.5, 0.6) is 0 Å². The molecule has 0 fully saturated rings. The molecule has 0 saturated carbocycles. The number of rotatable bonds is 9. The van der Waals surface area contributed by atoms with Crippen molar-refractivity contribution in [2.24, 2.45) is 0 Å². The largest absolute Gasteiger partial charge is 0.481 e. The summed E-state index contributed by atoms with van der Waals surface area (Å²) in [7, 11) is 0. The van der Waals surface area contributed by atoms with Crippen LogP contribution in [0.3, 0.4) is 0 Å². The molecule has 0 bridgehead atoms. The number of carboxylic acid groups (broad SMARTS) is 1. The number of hydrogen-bond donors (Lipinski definition) is 2. The van der Waals surface area contributed by atoms with Gasteiger partial charge in [0.15, 0.2) is 0 Å². The highest BCUT2D eigenvalue weighted by atomic mass is 32.2. The van der Waals surface area contributed by atoms with E-state index in [0.29, 0.717) is 23.6 Å². The molecule has 1 amide bonds. The van der Waals surface area contributed by atoms with Crippen molar-refractivity contribution in [3.63, 3.8) is 0 Å². The van der Waals surface area contributed by atoms with Gasteiger partial charge in [-0.1, -0.05) is 18.2 Å². The fourth-order valence-electron chi connectivity index (χ4n) is 1.34. The third-order valence-corrected chi connectivity index (χ3v) is 4.17. The Bertz CT molecular complexity index is 457. The molecule has 0 spiro atoms. The van der Waals surface area contributed by atoms with Gasteiger partial charge in [-0.15, -0.1) is 11.8 Å². The molecule has 7 heteroatoms. The second-order valence-electron chi connectivity index (χ2n) is 3.88. The second kappa shape index (κ2) is 9.66. The normalized spacial score (nSPS) is 10.2. The zero-order valence-electron chi connectivity index (χ0n) is 10.8. The SMILES string of the molecule is O=C(O)CSCC(=O)NCCSCc1ccccc1F. The minimum absolute atomic E-state index is 0.0740. The number of hydrogen-bond acceptors (Lipinski definition) is 4. The average Bonchev–Trinajstić information content (AvgIpc) is 2.40. The van der Waals surface area contributed by atoms with Crippen molar-refractivity contribution in [3.8, 4) is 0 Å². The van der Waals surface area contributed by atoms with Crippen molar-refractivity contribution in [3.05, 3.63) is 35.6 Å². The summed E-state index contributed by atoms with van der Waals surface area (Å²) in [6, 6.07) is 6.61. The van der Waals surface area contributed by atoms with Crippen molar-refractivity contribution in [1.82, 2.24) is 5.32 Å². The number of carbonyl (C=O) groups is 2. The molecule has 0 unspecified atom stereocenters. The van der Waals surface area contributed by atoms with Gasteiger partial charge in [-0.25, -0.2) is 4.39 Å². The number of carboxylic acids is 1. The van der Waals surface area contributed by atoms with E-state index in [2.05, 4.69) is 5.32 Å². The summed E-state index contributed by atoms with van der Waals surface area (Å²) in [6.07, 6.45) is 0. The number of thioether (sulfide) groups is 2. The van der Waals surface area contributed by atoms with Crippen molar-refractivity contribution < 1.29 is 19.1 Å².